The highest BCUT2D eigenvalue weighted by molar-refractivity contribution is 5.67. The van der Waals surface area contributed by atoms with Gasteiger partial charge >= 0.3 is 5.97 Å². The summed E-state index contributed by atoms with van der Waals surface area (Å²) < 4.78 is 20.2. The van der Waals surface area contributed by atoms with Gasteiger partial charge in [0, 0.05) is 11.8 Å². The van der Waals surface area contributed by atoms with E-state index in [-0.39, 0.29) is 12.3 Å². The third-order valence-electron chi connectivity index (χ3n) is 2.48. The number of hydrogen-bond acceptors (Lipinski definition) is 3. The molecule has 0 spiro atoms. The zero-order chi connectivity index (χ0) is 13.8. The molecule has 0 amide bonds. The number of nitrogens with zero attached hydrogens (tertiary/aromatic N) is 2. The molecule has 19 heavy (non-hydrogen) atoms. The summed E-state index contributed by atoms with van der Waals surface area (Å²) in [6, 6.07) is 4.53. The van der Waals surface area contributed by atoms with Crippen molar-refractivity contribution in [3.8, 4) is 17.0 Å². The molecule has 1 aromatic carbocycles. The van der Waals surface area contributed by atoms with E-state index in [1.807, 2.05) is 0 Å². The van der Waals surface area contributed by atoms with Gasteiger partial charge in [-0.3, -0.25) is 4.79 Å². The lowest BCUT2D eigenvalue weighted by molar-refractivity contribution is -0.137. The molecule has 2 aromatic rings. The SMILES string of the molecule is CCOc1ccc(-c2cn(CC(=O)O)cn2)cc1F. The molecule has 0 saturated heterocycles. The number of carboxylic acids is 1. The fourth-order valence-corrected chi connectivity index (χ4v) is 1.68. The first-order chi connectivity index (χ1) is 9.10. The molecule has 0 aliphatic carbocycles. The number of hydrogen-bond donors (Lipinski definition) is 1. The van der Waals surface area contributed by atoms with E-state index in [1.54, 1.807) is 19.2 Å². The Morgan fingerprint density at radius 2 is 2.32 bits per heavy atom. The highest BCUT2D eigenvalue weighted by atomic mass is 19.1. The quantitative estimate of drug-likeness (QED) is 0.898. The molecule has 0 saturated carbocycles. The van der Waals surface area contributed by atoms with E-state index in [0.717, 1.165) is 0 Å². The molecule has 0 bridgehead atoms. The van der Waals surface area contributed by atoms with Crippen LogP contribution in [0.1, 0.15) is 6.92 Å². The summed E-state index contributed by atoms with van der Waals surface area (Å²) in [7, 11) is 0. The van der Waals surface area contributed by atoms with Crippen molar-refractivity contribution in [2.75, 3.05) is 6.61 Å². The van der Waals surface area contributed by atoms with Crippen LogP contribution in [0.4, 0.5) is 4.39 Å². The minimum atomic E-state index is -0.957. The Hall–Kier alpha value is -2.37. The Morgan fingerprint density at radius 1 is 1.53 bits per heavy atom. The molecule has 1 heterocycles. The summed E-state index contributed by atoms with van der Waals surface area (Å²) in [4.78, 5) is 14.6. The van der Waals surface area contributed by atoms with Gasteiger partial charge in [-0.05, 0) is 25.1 Å². The smallest absolute Gasteiger partial charge is 0.323 e. The molecular formula is C13H13FN2O3. The maximum absolute atomic E-state index is 13.7. The predicted molar refractivity (Wildman–Crippen MR) is 66.4 cm³/mol. The van der Waals surface area contributed by atoms with Crippen molar-refractivity contribution >= 4 is 5.97 Å². The second kappa shape index (κ2) is 5.51. The van der Waals surface area contributed by atoms with Crippen molar-refractivity contribution in [1.82, 2.24) is 9.55 Å². The van der Waals surface area contributed by atoms with Crippen LogP contribution in [0.2, 0.25) is 0 Å². The largest absolute Gasteiger partial charge is 0.491 e. The Labute approximate surface area is 109 Å². The molecule has 1 aromatic heterocycles. The topological polar surface area (TPSA) is 64.3 Å². The lowest BCUT2D eigenvalue weighted by Gasteiger charge is -2.05. The van der Waals surface area contributed by atoms with Crippen molar-refractivity contribution in [2.45, 2.75) is 13.5 Å². The second-order valence-corrected chi connectivity index (χ2v) is 3.90. The van der Waals surface area contributed by atoms with Gasteiger partial charge in [0.25, 0.3) is 0 Å². The molecule has 0 fully saturated rings. The van der Waals surface area contributed by atoms with E-state index < -0.39 is 11.8 Å². The first-order valence-electron chi connectivity index (χ1n) is 5.76. The molecule has 0 radical (unpaired) electrons. The standard InChI is InChI=1S/C13H13FN2O3/c1-2-19-12-4-3-9(5-10(12)14)11-6-16(8-15-11)7-13(17)18/h3-6,8H,2,7H2,1H3,(H,17,18). The summed E-state index contributed by atoms with van der Waals surface area (Å²) in [5.41, 5.74) is 1.09. The summed E-state index contributed by atoms with van der Waals surface area (Å²) in [6.45, 7) is 2.00. The van der Waals surface area contributed by atoms with Gasteiger partial charge in [-0.1, -0.05) is 0 Å². The number of rotatable bonds is 5. The number of benzene rings is 1. The molecule has 6 heteroatoms. The number of carboxylic acid groups (broad SMARTS) is 1. The lowest BCUT2D eigenvalue weighted by Crippen LogP contribution is -2.06. The van der Waals surface area contributed by atoms with E-state index in [4.69, 9.17) is 9.84 Å². The van der Waals surface area contributed by atoms with Gasteiger partial charge in [0.2, 0.25) is 0 Å². The van der Waals surface area contributed by atoms with Crippen molar-refractivity contribution in [2.24, 2.45) is 0 Å². The van der Waals surface area contributed by atoms with E-state index in [9.17, 15) is 9.18 Å². The highest BCUT2D eigenvalue weighted by Crippen LogP contribution is 2.24. The molecule has 0 aliphatic rings. The van der Waals surface area contributed by atoms with Crippen molar-refractivity contribution in [3.05, 3.63) is 36.5 Å². The maximum Gasteiger partial charge on any atom is 0.323 e. The zero-order valence-electron chi connectivity index (χ0n) is 10.3. The number of halogens is 1. The van der Waals surface area contributed by atoms with Crippen LogP contribution in [0.25, 0.3) is 11.3 Å². The van der Waals surface area contributed by atoms with Gasteiger partial charge in [0.05, 0.1) is 18.6 Å². The number of carbonyl (C=O) groups is 1. The predicted octanol–water partition coefficient (Wildman–Crippen LogP) is 2.17. The van der Waals surface area contributed by atoms with Crippen molar-refractivity contribution in [1.29, 1.82) is 0 Å². The Morgan fingerprint density at radius 3 is 2.95 bits per heavy atom. The van der Waals surface area contributed by atoms with Gasteiger partial charge in [-0.25, -0.2) is 9.37 Å². The Kier molecular flexibility index (Phi) is 3.79. The number of imidazole rings is 1. The van der Waals surface area contributed by atoms with Gasteiger partial charge in [0.1, 0.15) is 6.54 Å². The molecule has 0 aliphatic heterocycles. The monoisotopic (exact) mass is 264 g/mol. The number of aliphatic carboxylic acids is 1. The number of aromatic nitrogens is 2. The van der Waals surface area contributed by atoms with E-state index >= 15 is 0 Å². The molecule has 0 atom stereocenters. The minimum Gasteiger partial charge on any atom is -0.491 e. The Balaban J connectivity index is 2.24. The van der Waals surface area contributed by atoms with Crippen LogP contribution < -0.4 is 4.74 Å². The molecule has 0 unspecified atom stereocenters. The summed E-state index contributed by atoms with van der Waals surface area (Å²) in [5.74, 6) is -1.23. The maximum atomic E-state index is 13.7. The summed E-state index contributed by atoms with van der Waals surface area (Å²) >= 11 is 0. The molecule has 1 N–H and O–H groups in total. The highest BCUT2D eigenvalue weighted by Gasteiger charge is 2.09. The molecule has 100 valence electrons. The third-order valence-corrected chi connectivity index (χ3v) is 2.48. The van der Waals surface area contributed by atoms with Gasteiger partial charge < -0.3 is 14.4 Å². The van der Waals surface area contributed by atoms with E-state index in [1.165, 1.54) is 23.0 Å². The van der Waals surface area contributed by atoms with Crippen LogP contribution in [-0.4, -0.2) is 27.2 Å². The summed E-state index contributed by atoms with van der Waals surface area (Å²) in [5, 5.41) is 8.66. The Bertz CT molecular complexity index is 595. The average molecular weight is 264 g/mol. The summed E-state index contributed by atoms with van der Waals surface area (Å²) in [6.07, 6.45) is 2.96. The molecule has 5 nitrogen and oxygen atoms in total. The zero-order valence-corrected chi connectivity index (χ0v) is 10.3. The van der Waals surface area contributed by atoms with Crippen molar-refractivity contribution < 1.29 is 19.0 Å². The van der Waals surface area contributed by atoms with Gasteiger partial charge in [-0.2, -0.15) is 0 Å². The first kappa shape index (κ1) is 13.1. The first-order valence-corrected chi connectivity index (χ1v) is 5.76. The van der Waals surface area contributed by atoms with Gasteiger partial charge in [-0.15, -0.1) is 0 Å². The van der Waals surface area contributed by atoms with Crippen molar-refractivity contribution in [3.63, 3.8) is 0 Å². The second-order valence-electron chi connectivity index (χ2n) is 3.90. The normalized spacial score (nSPS) is 10.4. The van der Waals surface area contributed by atoms with Gasteiger partial charge in [0.15, 0.2) is 11.6 Å². The van der Waals surface area contributed by atoms with Crippen LogP contribution in [0, 0.1) is 5.82 Å². The minimum absolute atomic E-state index is 0.174. The average Bonchev–Trinajstić information content (AvgIpc) is 2.79. The fourth-order valence-electron chi connectivity index (χ4n) is 1.68. The van der Waals surface area contributed by atoms with Crippen LogP contribution >= 0.6 is 0 Å². The van der Waals surface area contributed by atoms with Crippen LogP contribution in [0.5, 0.6) is 5.75 Å². The van der Waals surface area contributed by atoms with Crippen LogP contribution in [-0.2, 0) is 11.3 Å². The molecular weight excluding hydrogens is 251 g/mol. The van der Waals surface area contributed by atoms with Crippen LogP contribution in [0.3, 0.4) is 0 Å². The third kappa shape index (κ3) is 3.09. The number of ether oxygens (including phenoxy) is 1. The molecule has 2 rings (SSSR count). The lowest BCUT2D eigenvalue weighted by atomic mass is 10.1. The fraction of sp³-hybridized carbons (Fsp3) is 0.231. The van der Waals surface area contributed by atoms with Crippen LogP contribution in [0.15, 0.2) is 30.7 Å². The van der Waals surface area contributed by atoms with E-state index in [0.29, 0.717) is 17.9 Å². The van der Waals surface area contributed by atoms with E-state index in [2.05, 4.69) is 4.98 Å².